The Hall–Kier alpha value is -2.38. The van der Waals surface area contributed by atoms with E-state index in [1.54, 1.807) is 16.9 Å². The van der Waals surface area contributed by atoms with E-state index in [0.29, 0.717) is 18.7 Å². The minimum Gasteiger partial charge on any atom is -0.394 e. The molecule has 1 amide bonds. The monoisotopic (exact) mass is 285 g/mol. The Balaban J connectivity index is 2.00. The van der Waals surface area contributed by atoms with E-state index in [-0.39, 0.29) is 18.6 Å². The van der Waals surface area contributed by atoms with Crippen LogP contribution in [0.15, 0.2) is 40.8 Å². The molecule has 3 rings (SSSR count). The van der Waals surface area contributed by atoms with Crippen molar-refractivity contribution in [3.05, 3.63) is 41.7 Å². The molecular formula is C14H15N5O2. The number of fused-ring (bicyclic) bond motifs is 1. The molecule has 108 valence electrons. The molecule has 7 nitrogen and oxygen atoms in total. The third-order valence-corrected chi connectivity index (χ3v) is 3.45. The van der Waals surface area contributed by atoms with Gasteiger partial charge in [-0.05, 0) is 23.3 Å². The highest BCUT2D eigenvalue weighted by molar-refractivity contribution is 5.97. The average molecular weight is 285 g/mol. The Labute approximate surface area is 121 Å². The van der Waals surface area contributed by atoms with Gasteiger partial charge in [0.05, 0.1) is 19.3 Å². The summed E-state index contributed by atoms with van der Waals surface area (Å²) in [5, 5.41) is 20.6. The van der Waals surface area contributed by atoms with Gasteiger partial charge in [-0.25, -0.2) is 0 Å². The van der Waals surface area contributed by atoms with Crippen LogP contribution in [0.25, 0.3) is 11.1 Å². The fourth-order valence-electron chi connectivity index (χ4n) is 2.36. The van der Waals surface area contributed by atoms with Crippen LogP contribution in [0.2, 0.25) is 0 Å². The molecule has 0 radical (unpaired) electrons. The van der Waals surface area contributed by atoms with Gasteiger partial charge in [0.1, 0.15) is 6.04 Å². The predicted molar refractivity (Wildman–Crippen MR) is 75.7 cm³/mol. The van der Waals surface area contributed by atoms with Crippen molar-refractivity contribution in [2.75, 3.05) is 13.2 Å². The summed E-state index contributed by atoms with van der Waals surface area (Å²) in [6, 6.07) is 5.22. The number of hydrogen-bond acceptors (Lipinski definition) is 5. The summed E-state index contributed by atoms with van der Waals surface area (Å²) in [5.41, 5.74) is 8.88. The van der Waals surface area contributed by atoms with Crippen LogP contribution >= 0.6 is 0 Å². The highest BCUT2D eigenvalue weighted by Gasteiger charge is 2.23. The molecule has 2 aromatic rings. The lowest BCUT2D eigenvalue weighted by molar-refractivity contribution is 0.0985. The average Bonchev–Trinajstić information content (AvgIpc) is 2.96. The summed E-state index contributed by atoms with van der Waals surface area (Å²) >= 11 is 0. The van der Waals surface area contributed by atoms with Gasteiger partial charge in [-0.15, -0.1) is 5.11 Å². The molecule has 1 aliphatic heterocycles. The molecule has 0 fully saturated rings. The molecule has 2 heterocycles. The molecule has 0 aliphatic carbocycles. The zero-order valence-corrected chi connectivity index (χ0v) is 11.3. The van der Waals surface area contributed by atoms with Crippen LogP contribution in [-0.4, -0.2) is 33.9 Å². The second kappa shape index (κ2) is 5.55. The van der Waals surface area contributed by atoms with Crippen molar-refractivity contribution in [1.29, 1.82) is 0 Å². The quantitative estimate of drug-likeness (QED) is 0.878. The maximum absolute atomic E-state index is 11.7. The van der Waals surface area contributed by atoms with Gasteiger partial charge in [0.2, 0.25) is 0 Å². The summed E-state index contributed by atoms with van der Waals surface area (Å²) < 4.78 is 1.67. The number of nitrogens with zero attached hydrogens (tertiary/aromatic N) is 4. The van der Waals surface area contributed by atoms with E-state index in [9.17, 15) is 4.79 Å². The van der Waals surface area contributed by atoms with E-state index < -0.39 is 0 Å². The number of hydrogen-bond donors (Lipinski definition) is 2. The number of benzene rings is 1. The molecule has 1 unspecified atom stereocenters. The number of aromatic nitrogens is 2. The van der Waals surface area contributed by atoms with E-state index >= 15 is 0 Å². The number of rotatable bonds is 4. The molecular weight excluding hydrogens is 270 g/mol. The lowest BCUT2D eigenvalue weighted by Gasteiger charge is -2.17. The summed E-state index contributed by atoms with van der Waals surface area (Å²) in [6.45, 7) is 0.787. The second-order valence-corrected chi connectivity index (χ2v) is 4.79. The van der Waals surface area contributed by atoms with Crippen molar-refractivity contribution in [1.82, 2.24) is 9.78 Å². The number of amides is 1. The number of aliphatic hydroxyl groups excluding tert-OH is 1. The van der Waals surface area contributed by atoms with Gasteiger partial charge in [-0.3, -0.25) is 9.48 Å². The Morgan fingerprint density at radius 1 is 1.33 bits per heavy atom. The molecule has 1 aliphatic rings. The lowest BCUT2D eigenvalue weighted by Crippen LogP contribution is -2.17. The van der Waals surface area contributed by atoms with Gasteiger partial charge in [0, 0.05) is 23.9 Å². The fraction of sp³-hybridized carbons (Fsp3) is 0.286. The number of carbonyl (C=O) groups excluding carboxylic acids is 1. The lowest BCUT2D eigenvalue weighted by atomic mass is 9.95. The fourth-order valence-corrected chi connectivity index (χ4v) is 2.36. The Morgan fingerprint density at radius 3 is 2.95 bits per heavy atom. The number of aliphatic hydroxyl groups is 1. The van der Waals surface area contributed by atoms with Crippen LogP contribution in [0.4, 0.5) is 0 Å². The predicted octanol–water partition coefficient (Wildman–Crippen LogP) is 1.15. The summed E-state index contributed by atoms with van der Waals surface area (Å²) in [7, 11) is 0. The van der Waals surface area contributed by atoms with Gasteiger partial charge in [0.15, 0.2) is 0 Å². The molecule has 0 bridgehead atoms. The van der Waals surface area contributed by atoms with Crippen LogP contribution in [0.3, 0.4) is 0 Å². The van der Waals surface area contributed by atoms with Gasteiger partial charge in [0.25, 0.3) is 5.91 Å². The zero-order valence-electron chi connectivity index (χ0n) is 11.3. The van der Waals surface area contributed by atoms with Crippen LogP contribution < -0.4 is 5.73 Å². The third kappa shape index (κ3) is 2.48. The molecule has 0 saturated carbocycles. The van der Waals surface area contributed by atoms with Gasteiger partial charge >= 0.3 is 0 Å². The normalized spacial score (nSPS) is 17.0. The highest BCUT2D eigenvalue weighted by atomic mass is 16.3. The summed E-state index contributed by atoms with van der Waals surface area (Å²) in [5.74, 6) is -0.336. The molecule has 21 heavy (non-hydrogen) atoms. The van der Waals surface area contributed by atoms with Crippen LogP contribution in [-0.2, 0) is 6.54 Å². The largest absolute Gasteiger partial charge is 0.394 e. The molecule has 1 atom stereocenters. The van der Waals surface area contributed by atoms with Gasteiger partial charge < -0.3 is 10.8 Å². The maximum atomic E-state index is 11.7. The summed E-state index contributed by atoms with van der Waals surface area (Å²) in [4.78, 5) is 11.7. The minimum atomic E-state index is -0.336. The van der Waals surface area contributed by atoms with Gasteiger partial charge in [-0.2, -0.15) is 10.2 Å². The summed E-state index contributed by atoms with van der Waals surface area (Å²) in [6.07, 6.45) is 3.57. The van der Waals surface area contributed by atoms with Gasteiger partial charge in [-0.1, -0.05) is 6.07 Å². The first-order valence-electron chi connectivity index (χ1n) is 6.66. The number of nitrogens with two attached hydrogens (primary N) is 1. The molecule has 3 N–H and O–H groups in total. The molecule has 7 heteroatoms. The van der Waals surface area contributed by atoms with E-state index in [4.69, 9.17) is 10.8 Å². The topological polar surface area (TPSA) is 106 Å². The first-order chi connectivity index (χ1) is 10.2. The second-order valence-electron chi connectivity index (χ2n) is 4.79. The number of azo groups is 1. The molecule has 1 aromatic heterocycles. The first-order valence-corrected chi connectivity index (χ1v) is 6.66. The minimum absolute atomic E-state index is 0.0371. The van der Waals surface area contributed by atoms with E-state index in [1.165, 1.54) is 0 Å². The van der Waals surface area contributed by atoms with Crippen LogP contribution in [0.1, 0.15) is 22.0 Å². The molecule has 1 aromatic carbocycles. The van der Waals surface area contributed by atoms with Crippen molar-refractivity contribution in [3.63, 3.8) is 0 Å². The third-order valence-electron chi connectivity index (χ3n) is 3.45. The van der Waals surface area contributed by atoms with E-state index in [0.717, 1.165) is 16.7 Å². The Kier molecular flexibility index (Phi) is 3.59. The van der Waals surface area contributed by atoms with E-state index in [1.807, 2.05) is 18.3 Å². The van der Waals surface area contributed by atoms with Crippen molar-refractivity contribution < 1.29 is 9.90 Å². The number of carbonyl (C=O) groups is 1. The maximum Gasteiger partial charge on any atom is 0.295 e. The smallest absolute Gasteiger partial charge is 0.295 e. The first kappa shape index (κ1) is 13.6. The zero-order chi connectivity index (χ0) is 14.8. The van der Waals surface area contributed by atoms with Crippen LogP contribution in [0, 0.1) is 0 Å². The van der Waals surface area contributed by atoms with E-state index in [2.05, 4.69) is 15.3 Å². The Morgan fingerprint density at radius 2 is 2.19 bits per heavy atom. The van der Waals surface area contributed by atoms with Crippen molar-refractivity contribution in [3.8, 4) is 11.1 Å². The molecule has 0 saturated heterocycles. The Bertz CT molecular complexity index is 707. The highest BCUT2D eigenvalue weighted by Crippen LogP contribution is 2.31. The molecule has 0 spiro atoms. The SMILES string of the molecule is NCC1N=NC(=O)c2ccc(-c3cnn(CCO)c3)cc21. The van der Waals surface area contributed by atoms with Crippen LogP contribution in [0.5, 0.6) is 0 Å². The van der Waals surface area contributed by atoms with Crippen molar-refractivity contribution >= 4 is 5.91 Å². The van der Waals surface area contributed by atoms with Crippen molar-refractivity contribution in [2.24, 2.45) is 16.0 Å². The standard InChI is InChI=1S/C14H15N5O2/c15-6-13-12-5-9(1-2-11(12)14(21)18-17-13)10-7-16-19(8-10)3-4-20/h1-2,5,7-8,13,20H,3-4,6,15H2. The van der Waals surface area contributed by atoms with Crippen molar-refractivity contribution in [2.45, 2.75) is 12.6 Å².